The summed E-state index contributed by atoms with van der Waals surface area (Å²) in [5.74, 6) is 0. The first-order chi connectivity index (χ1) is 9.58. The highest BCUT2D eigenvalue weighted by Gasteiger charge is 2.49. The summed E-state index contributed by atoms with van der Waals surface area (Å²) in [6.45, 7) is 3.94. The van der Waals surface area contributed by atoms with Gasteiger partial charge in [0.15, 0.2) is 5.72 Å². The number of amides is 1. The maximum absolute atomic E-state index is 12.4. The third-order valence-corrected chi connectivity index (χ3v) is 3.83. The number of ether oxygens (including phenoxy) is 3. The van der Waals surface area contributed by atoms with Crippen molar-refractivity contribution in [2.45, 2.75) is 32.1 Å². The molecule has 0 saturated heterocycles. The average Bonchev–Trinajstić information content (AvgIpc) is 2.46. The highest BCUT2D eigenvalue weighted by atomic mass is 16.6. The highest BCUT2D eigenvalue weighted by molar-refractivity contribution is 5.91. The monoisotopic (exact) mass is 279 g/mol. The molecule has 0 aromatic heterocycles. The molecule has 5 heteroatoms. The number of para-hydroxylation sites is 1. The average molecular weight is 279 g/mol. The van der Waals surface area contributed by atoms with E-state index in [1.807, 2.05) is 31.2 Å². The molecule has 0 N–H and O–H groups in total. The lowest BCUT2D eigenvalue weighted by molar-refractivity contribution is -0.108. The quantitative estimate of drug-likeness (QED) is 0.853. The summed E-state index contributed by atoms with van der Waals surface area (Å²) < 4.78 is 16.3. The summed E-state index contributed by atoms with van der Waals surface area (Å²) in [6, 6.07) is 7.73. The number of nitrogens with zero attached hydrogens (tertiary/aromatic N) is 1. The van der Waals surface area contributed by atoms with Gasteiger partial charge >= 0.3 is 6.09 Å². The molecule has 0 aliphatic carbocycles. The SMILES string of the molecule is CCOC(=O)N1c2ccccc2CC(OC)C1(C)OC. The Hall–Kier alpha value is -1.59. The molecule has 20 heavy (non-hydrogen) atoms. The predicted molar refractivity (Wildman–Crippen MR) is 75.9 cm³/mol. The molecule has 2 atom stereocenters. The molecular formula is C15H21NO4. The van der Waals surface area contributed by atoms with Gasteiger partial charge in [0.2, 0.25) is 0 Å². The van der Waals surface area contributed by atoms with E-state index < -0.39 is 11.8 Å². The number of fused-ring (bicyclic) bond motifs is 1. The Balaban J connectivity index is 2.53. The summed E-state index contributed by atoms with van der Waals surface area (Å²) in [4.78, 5) is 13.9. The van der Waals surface area contributed by atoms with E-state index in [0.717, 1.165) is 11.3 Å². The molecule has 2 rings (SSSR count). The zero-order valence-corrected chi connectivity index (χ0v) is 12.4. The van der Waals surface area contributed by atoms with Crippen molar-refractivity contribution in [3.8, 4) is 0 Å². The van der Waals surface area contributed by atoms with Crippen molar-refractivity contribution in [1.82, 2.24) is 0 Å². The Labute approximate surface area is 119 Å². The highest BCUT2D eigenvalue weighted by Crippen LogP contribution is 2.39. The van der Waals surface area contributed by atoms with Crippen LogP contribution in [0.1, 0.15) is 19.4 Å². The van der Waals surface area contributed by atoms with Gasteiger partial charge in [-0.1, -0.05) is 18.2 Å². The van der Waals surface area contributed by atoms with Crippen molar-refractivity contribution < 1.29 is 19.0 Å². The summed E-state index contributed by atoms with van der Waals surface area (Å²) in [5.41, 5.74) is 0.959. The van der Waals surface area contributed by atoms with Gasteiger partial charge in [-0.25, -0.2) is 9.69 Å². The first kappa shape index (κ1) is 14.8. The number of benzene rings is 1. The predicted octanol–water partition coefficient (Wildman–Crippen LogP) is 2.58. The molecule has 0 spiro atoms. The van der Waals surface area contributed by atoms with Crippen LogP contribution in [0.2, 0.25) is 0 Å². The Bertz CT molecular complexity index is 491. The molecule has 1 aromatic carbocycles. The third-order valence-electron chi connectivity index (χ3n) is 3.83. The number of carbonyl (C=O) groups is 1. The molecule has 110 valence electrons. The fraction of sp³-hybridized carbons (Fsp3) is 0.533. The van der Waals surface area contributed by atoms with Crippen molar-refractivity contribution in [3.05, 3.63) is 29.8 Å². The summed E-state index contributed by atoms with van der Waals surface area (Å²) in [5, 5.41) is 0. The Morgan fingerprint density at radius 2 is 2.10 bits per heavy atom. The minimum atomic E-state index is -0.893. The van der Waals surface area contributed by atoms with Crippen LogP contribution in [0.3, 0.4) is 0 Å². The number of carbonyl (C=O) groups excluding carboxylic acids is 1. The van der Waals surface area contributed by atoms with E-state index in [-0.39, 0.29) is 6.10 Å². The second-order valence-electron chi connectivity index (χ2n) is 4.85. The van der Waals surface area contributed by atoms with Crippen molar-refractivity contribution in [3.63, 3.8) is 0 Å². The second kappa shape index (κ2) is 5.81. The lowest BCUT2D eigenvalue weighted by Crippen LogP contribution is -2.62. The molecule has 1 aliphatic heterocycles. The van der Waals surface area contributed by atoms with Gasteiger partial charge in [-0.3, -0.25) is 0 Å². The van der Waals surface area contributed by atoms with Crippen LogP contribution in [0.15, 0.2) is 24.3 Å². The van der Waals surface area contributed by atoms with Gasteiger partial charge in [0.25, 0.3) is 0 Å². The molecule has 0 fully saturated rings. The minimum absolute atomic E-state index is 0.258. The Morgan fingerprint density at radius 1 is 1.40 bits per heavy atom. The van der Waals surface area contributed by atoms with Crippen molar-refractivity contribution in [2.75, 3.05) is 25.7 Å². The fourth-order valence-electron chi connectivity index (χ4n) is 2.67. The van der Waals surface area contributed by atoms with Gasteiger partial charge in [-0.2, -0.15) is 0 Å². The molecule has 1 heterocycles. The van der Waals surface area contributed by atoms with E-state index in [9.17, 15) is 4.79 Å². The smallest absolute Gasteiger partial charge is 0.416 e. The molecule has 0 saturated carbocycles. The minimum Gasteiger partial charge on any atom is -0.449 e. The Morgan fingerprint density at radius 3 is 2.70 bits per heavy atom. The van der Waals surface area contributed by atoms with Gasteiger partial charge in [-0.15, -0.1) is 0 Å². The van der Waals surface area contributed by atoms with Crippen molar-refractivity contribution in [2.24, 2.45) is 0 Å². The first-order valence-electron chi connectivity index (χ1n) is 6.71. The number of hydrogen-bond acceptors (Lipinski definition) is 4. The van der Waals surface area contributed by atoms with Crippen LogP contribution in [0.25, 0.3) is 0 Å². The molecule has 5 nitrogen and oxygen atoms in total. The molecular weight excluding hydrogens is 258 g/mol. The fourth-order valence-corrected chi connectivity index (χ4v) is 2.67. The molecule has 1 aromatic rings. The van der Waals surface area contributed by atoms with Crippen molar-refractivity contribution in [1.29, 1.82) is 0 Å². The van der Waals surface area contributed by atoms with Crippen molar-refractivity contribution >= 4 is 11.8 Å². The first-order valence-corrected chi connectivity index (χ1v) is 6.71. The van der Waals surface area contributed by atoms with E-state index in [0.29, 0.717) is 13.0 Å². The van der Waals surface area contributed by atoms with Gasteiger partial charge in [0.1, 0.15) is 6.10 Å². The molecule has 0 radical (unpaired) electrons. The van der Waals surface area contributed by atoms with E-state index in [2.05, 4.69) is 0 Å². The molecule has 2 unspecified atom stereocenters. The summed E-state index contributed by atoms with van der Waals surface area (Å²) in [7, 11) is 3.20. The maximum Gasteiger partial charge on any atom is 0.416 e. The standard InChI is InChI=1S/C15H21NO4/c1-5-20-14(17)16-12-9-7-6-8-11(12)10-13(18-3)15(16,2)19-4/h6-9,13H,5,10H2,1-4H3. The van der Waals surface area contributed by atoms with Crippen LogP contribution >= 0.6 is 0 Å². The zero-order chi connectivity index (χ0) is 14.8. The van der Waals surface area contributed by atoms with Crippen LogP contribution in [-0.2, 0) is 20.6 Å². The van der Waals surface area contributed by atoms with Gasteiger partial charge in [0, 0.05) is 20.6 Å². The van der Waals surface area contributed by atoms with Gasteiger partial charge in [-0.05, 0) is 25.5 Å². The maximum atomic E-state index is 12.4. The van der Waals surface area contributed by atoms with Gasteiger partial charge in [0.05, 0.1) is 12.3 Å². The van der Waals surface area contributed by atoms with E-state index in [4.69, 9.17) is 14.2 Å². The molecule has 1 amide bonds. The largest absolute Gasteiger partial charge is 0.449 e. The second-order valence-corrected chi connectivity index (χ2v) is 4.85. The van der Waals surface area contributed by atoms with Crippen LogP contribution in [-0.4, -0.2) is 38.7 Å². The summed E-state index contributed by atoms with van der Waals surface area (Å²) >= 11 is 0. The zero-order valence-electron chi connectivity index (χ0n) is 12.4. The van der Waals surface area contributed by atoms with Crippen LogP contribution in [0, 0.1) is 0 Å². The topological polar surface area (TPSA) is 48.0 Å². The van der Waals surface area contributed by atoms with Gasteiger partial charge < -0.3 is 14.2 Å². The number of rotatable bonds is 3. The van der Waals surface area contributed by atoms with Crippen LogP contribution in [0.5, 0.6) is 0 Å². The normalized spacial score (nSPS) is 25.2. The lowest BCUT2D eigenvalue weighted by Gasteiger charge is -2.47. The number of anilines is 1. The molecule has 0 bridgehead atoms. The third kappa shape index (κ3) is 2.27. The molecule has 1 aliphatic rings. The number of methoxy groups -OCH3 is 2. The van der Waals surface area contributed by atoms with Crippen LogP contribution in [0.4, 0.5) is 10.5 Å². The van der Waals surface area contributed by atoms with E-state index >= 15 is 0 Å². The summed E-state index contributed by atoms with van der Waals surface area (Å²) in [6.07, 6.45) is 0.00488. The Kier molecular flexibility index (Phi) is 4.30. The van der Waals surface area contributed by atoms with Crippen LogP contribution < -0.4 is 4.90 Å². The number of hydrogen-bond donors (Lipinski definition) is 0. The lowest BCUT2D eigenvalue weighted by atomic mass is 9.91. The van der Waals surface area contributed by atoms with E-state index in [1.54, 1.807) is 26.0 Å². The van der Waals surface area contributed by atoms with E-state index in [1.165, 1.54) is 0 Å².